The summed E-state index contributed by atoms with van der Waals surface area (Å²) < 4.78 is 27.6. The monoisotopic (exact) mass is 469 g/mol. The topological polar surface area (TPSA) is 60.9 Å². The van der Waals surface area contributed by atoms with Crippen LogP contribution in [0.2, 0.25) is 5.02 Å². The van der Waals surface area contributed by atoms with Gasteiger partial charge in [-0.3, -0.25) is 14.0 Å². The van der Waals surface area contributed by atoms with Gasteiger partial charge in [0, 0.05) is 43.1 Å². The van der Waals surface area contributed by atoms with Crippen LogP contribution >= 0.6 is 11.6 Å². The van der Waals surface area contributed by atoms with Crippen LogP contribution in [0.3, 0.4) is 0 Å². The average molecular weight is 470 g/mol. The van der Waals surface area contributed by atoms with Gasteiger partial charge in [-0.2, -0.15) is 0 Å². The molecule has 0 atom stereocenters. The van der Waals surface area contributed by atoms with Gasteiger partial charge in [0.25, 0.3) is 10.0 Å². The standard InChI is InChI=1S/C24H24ClN3O3S/c25-20-10-8-18(9-11-20)16-26-12-3-13-27(15-14-26)23(29)17-28-21-6-1-4-19-5-2-7-22(24(19)21)32(28,30)31/h1-2,4-11H,3,12-17H2. The zero-order valence-electron chi connectivity index (χ0n) is 17.6. The van der Waals surface area contributed by atoms with Crippen molar-refractivity contribution in [1.82, 2.24) is 9.80 Å². The van der Waals surface area contributed by atoms with Crippen LogP contribution in [-0.4, -0.2) is 56.8 Å². The second kappa shape index (κ2) is 8.39. The Kier molecular flexibility index (Phi) is 5.57. The summed E-state index contributed by atoms with van der Waals surface area (Å²) in [6, 6.07) is 18.6. The molecule has 5 rings (SSSR count). The Bertz CT molecular complexity index is 1270. The van der Waals surface area contributed by atoms with Crippen LogP contribution in [0.4, 0.5) is 5.69 Å². The quantitative estimate of drug-likeness (QED) is 0.584. The van der Waals surface area contributed by atoms with Crippen molar-refractivity contribution >= 4 is 44.0 Å². The van der Waals surface area contributed by atoms with Gasteiger partial charge in [0.1, 0.15) is 6.54 Å². The third-order valence-corrected chi connectivity index (χ3v) is 8.27. The minimum atomic E-state index is -3.73. The van der Waals surface area contributed by atoms with Crippen LogP contribution in [0.5, 0.6) is 0 Å². The Labute approximate surface area is 193 Å². The second-order valence-electron chi connectivity index (χ2n) is 8.28. The number of sulfonamides is 1. The fraction of sp³-hybridized carbons (Fsp3) is 0.292. The first-order chi connectivity index (χ1) is 15.4. The smallest absolute Gasteiger partial charge is 0.265 e. The summed E-state index contributed by atoms with van der Waals surface area (Å²) in [5, 5.41) is 2.29. The van der Waals surface area contributed by atoms with Crippen molar-refractivity contribution in [2.75, 3.05) is 37.0 Å². The third kappa shape index (κ3) is 3.85. The van der Waals surface area contributed by atoms with Gasteiger partial charge >= 0.3 is 0 Å². The van der Waals surface area contributed by atoms with Gasteiger partial charge in [-0.05, 0) is 41.6 Å². The van der Waals surface area contributed by atoms with Crippen molar-refractivity contribution < 1.29 is 13.2 Å². The molecule has 0 aromatic heterocycles. The lowest BCUT2D eigenvalue weighted by Gasteiger charge is -2.25. The fourth-order valence-electron chi connectivity index (χ4n) is 4.58. The zero-order chi connectivity index (χ0) is 22.3. The molecule has 2 aliphatic heterocycles. The van der Waals surface area contributed by atoms with Gasteiger partial charge in [0.15, 0.2) is 0 Å². The van der Waals surface area contributed by atoms with E-state index in [1.807, 2.05) is 42.5 Å². The Morgan fingerprint density at radius 1 is 0.906 bits per heavy atom. The second-order valence-corrected chi connectivity index (χ2v) is 10.5. The maximum atomic E-state index is 13.2. The van der Waals surface area contributed by atoms with E-state index in [4.69, 9.17) is 11.6 Å². The van der Waals surface area contributed by atoms with Gasteiger partial charge in [-0.1, -0.05) is 48.0 Å². The van der Waals surface area contributed by atoms with Crippen LogP contribution in [-0.2, 0) is 21.4 Å². The molecule has 2 heterocycles. The molecule has 2 aliphatic rings. The van der Waals surface area contributed by atoms with E-state index in [0.29, 0.717) is 24.2 Å². The van der Waals surface area contributed by atoms with Crippen molar-refractivity contribution in [2.24, 2.45) is 0 Å². The maximum absolute atomic E-state index is 13.2. The highest BCUT2D eigenvalue weighted by Crippen LogP contribution is 2.41. The van der Waals surface area contributed by atoms with Crippen LogP contribution in [0, 0.1) is 0 Å². The molecule has 1 amide bonds. The molecule has 3 aromatic carbocycles. The van der Waals surface area contributed by atoms with E-state index < -0.39 is 10.0 Å². The number of rotatable bonds is 4. The first-order valence-electron chi connectivity index (χ1n) is 10.7. The van der Waals surface area contributed by atoms with Crippen LogP contribution < -0.4 is 4.31 Å². The Balaban J connectivity index is 1.28. The van der Waals surface area contributed by atoms with E-state index in [9.17, 15) is 13.2 Å². The molecule has 3 aromatic rings. The molecule has 0 radical (unpaired) electrons. The summed E-state index contributed by atoms with van der Waals surface area (Å²) in [6.07, 6.45) is 0.849. The van der Waals surface area contributed by atoms with Gasteiger partial charge < -0.3 is 4.90 Å². The molecule has 1 fully saturated rings. The molecule has 0 saturated carbocycles. The van der Waals surface area contributed by atoms with E-state index in [1.54, 1.807) is 23.1 Å². The van der Waals surface area contributed by atoms with E-state index in [2.05, 4.69) is 4.90 Å². The van der Waals surface area contributed by atoms with Gasteiger partial charge in [-0.15, -0.1) is 0 Å². The Hall–Kier alpha value is -2.61. The summed E-state index contributed by atoms with van der Waals surface area (Å²) in [7, 11) is -3.73. The lowest BCUT2D eigenvalue weighted by molar-refractivity contribution is -0.129. The molecule has 0 aliphatic carbocycles. The third-order valence-electron chi connectivity index (χ3n) is 6.22. The number of hydrogen-bond donors (Lipinski definition) is 0. The molecule has 0 spiro atoms. The van der Waals surface area contributed by atoms with E-state index in [0.717, 1.165) is 36.5 Å². The van der Waals surface area contributed by atoms with Crippen LogP contribution in [0.15, 0.2) is 65.6 Å². The number of carbonyl (C=O) groups excluding carboxylic acids is 1. The molecule has 0 unspecified atom stereocenters. The molecule has 6 nitrogen and oxygen atoms in total. The predicted octanol–water partition coefficient (Wildman–Crippen LogP) is 3.74. The molecule has 0 N–H and O–H groups in total. The number of benzene rings is 3. The molecule has 1 saturated heterocycles. The Morgan fingerprint density at radius 3 is 2.44 bits per heavy atom. The van der Waals surface area contributed by atoms with Crippen molar-refractivity contribution in [3.05, 3.63) is 71.2 Å². The van der Waals surface area contributed by atoms with Crippen molar-refractivity contribution in [3.63, 3.8) is 0 Å². The number of nitrogens with zero attached hydrogens (tertiary/aromatic N) is 3. The molecule has 166 valence electrons. The fourth-order valence-corrected chi connectivity index (χ4v) is 6.36. The Morgan fingerprint density at radius 2 is 1.66 bits per heavy atom. The van der Waals surface area contributed by atoms with E-state index in [1.165, 1.54) is 9.87 Å². The molecular weight excluding hydrogens is 446 g/mol. The SMILES string of the molecule is O=C(CN1c2cccc3cccc(c23)S1(=O)=O)N1CCCN(Cc2ccc(Cl)cc2)CC1. The largest absolute Gasteiger partial charge is 0.340 e. The number of carbonyl (C=O) groups is 1. The molecular formula is C24H24ClN3O3S. The predicted molar refractivity (Wildman–Crippen MR) is 126 cm³/mol. The minimum Gasteiger partial charge on any atom is -0.340 e. The van der Waals surface area contributed by atoms with E-state index >= 15 is 0 Å². The summed E-state index contributed by atoms with van der Waals surface area (Å²) >= 11 is 5.97. The summed E-state index contributed by atoms with van der Waals surface area (Å²) in [5.74, 6) is -0.160. The lowest BCUT2D eigenvalue weighted by atomic mass is 10.1. The highest BCUT2D eigenvalue weighted by Gasteiger charge is 2.37. The van der Waals surface area contributed by atoms with E-state index in [-0.39, 0.29) is 17.3 Å². The maximum Gasteiger partial charge on any atom is 0.265 e. The molecule has 32 heavy (non-hydrogen) atoms. The van der Waals surface area contributed by atoms with Gasteiger partial charge in [0.05, 0.1) is 10.6 Å². The van der Waals surface area contributed by atoms with Crippen LogP contribution in [0.25, 0.3) is 10.8 Å². The summed E-state index contributed by atoms with van der Waals surface area (Å²) in [6.45, 7) is 3.47. The molecule has 0 bridgehead atoms. The zero-order valence-corrected chi connectivity index (χ0v) is 19.1. The van der Waals surface area contributed by atoms with Crippen molar-refractivity contribution in [2.45, 2.75) is 17.9 Å². The molecule has 8 heteroatoms. The van der Waals surface area contributed by atoms with Crippen LogP contribution in [0.1, 0.15) is 12.0 Å². The highest BCUT2D eigenvalue weighted by atomic mass is 35.5. The average Bonchev–Trinajstić information content (AvgIpc) is 2.93. The first kappa shape index (κ1) is 21.2. The van der Waals surface area contributed by atoms with Crippen molar-refractivity contribution in [1.29, 1.82) is 0 Å². The van der Waals surface area contributed by atoms with Gasteiger partial charge in [-0.25, -0.2) is 8.42 Å². The summed E-state index contributed by atoms with van der Waals surface area (Å²) in [5.41, 5.74) is 1.77. The lowest BCUT2D eigenvalue weighted by Crippen LogP contribution is -2.43. The number of anilines is 1. The number of amides is 1. The number of halogens is 1. The minimum absolute atomic E-state index is 0.160. The first-order valence-corrected chi connectivity index (χ1v) is 12.5. The summed E-state index contributed by atoms with van der Waals surface area (Å²) in [4.78, 5) is 17.5. The van der Waals surface area contributed by atoms with Gasteiger partial charge in [0.2, 0.25) is 5.91 Å². The van der Waals surface area contributed by atoms with Crippen molar-refractivity contribution in [3.8, 4) is 0 Å². The highest BCUT2D eigenvalue weighted by molar-refractivity contribution is 7.93. The normalized spacial score (nSPS) is 18.2. The number of hydrogen-bond acceptors (Lipinski definition) is 4.